The van der Waals surface area contributed by atoms with E-state index in [2.05, 4.69) is 5.32 Å². The second-order valence-electron chi connectivity index (χ2n) is 4.97. The number of nitrogens with one attached hydrogen (secondary N) is 1. The van der Waals surface area contributed by atoms with E-state index in [-0.39, 0.29) is 11.4 Å². The zero-order valence-corrected chi connectivity index (χ0v) is 9.42. The summed E-state index contributed by atoms with van der Waals surface area (Å²) in [6, 6.07) is -0.0820. The topological polar surface area (TPSA) is 52.6 Å². The van der Waals surface area contributed by atoms with Crippen LogP contribution in [0.1, 0.15) is 27.7 Å². The minimum absolute atomic E-state index is 0.0820. The summed E-state index contributed by atoms with van der Waals surface area (Å²) in [5.74, 6) is 0. The molecule has 1 heterocycles. The molecule has 1 rings (SSSR count). The molecule has 0 spiro atoms. The fourth-order valence-electron chi connectivity index (χ4n) is 1.47. The number of rotatable bonds is 1. The standard InChI is InChI=1S/C10H20N2O2/c1-5-11-8(13)12-6-10(14,7-12)9(2,3)4/h14H,5-7H2,1-4H3,(H,11,13). The minimum atomic E-state index is -0.724. The number of carbonyl (C=O) groups excluding carboxylic acids is 1. The fourth-order valence-corrected chi connectivity index (χ4v) is 1.47. The molecule has 2 amide bonds. The SMILES string of the molecule is CCNC(=O)N1CC(O)(C(C)(C)C)C1. The van der Waals surface area contributed by atoms with Gasteiger partial charge in [-0.1, -0.05) is 20.8 Å². The second-order valence-corrected chi connectivity index (χ2v) is 4.97. The first-order valence-electron chi connectivity index (χ1n) is 5.05. The summed E-state index contributed by atoms with van der Waals surface area (Å²) in [6.07, 6.45) is 0. The van der Waals surface area contributed by atoms with Crippen LogP contribution in [0.4, 0.5) is 4.79 Å². The van der Waals surface area contributed by atoms with E-state index in [1.807, 2.05) is 27.7 Å². The molecular weight excluding hydrogens is 180 g/mol. The Kier molecular flexibility index (Phi) is 2.76. The van der Waals surface area contributed by atoms with E-state index < -0.39 is 5.60 Å². The molecule has 1 aliphatic rings. The van der Waals surface area contributed by atoms with Crippen LogP contribution in [0.2, 0.25) is 0 Å². The van der Waals surface area contributed by atoms with Gasteiger partial charge in [0.25, 0.3) is 0 Å². The van der Waals surface area contributed by atoms with Gasteiger partial charge < -0.3 is 15.3 Å². The van der Waals surface area contributed by atoms with E-state index in [4.69, 9.17) is 0 Å². The van der Waals surface area contributed by atoms with Crippen LogP contribution in [-0.2, 0) is 0 Å². The Morgan fingerprint density at radius 1 is 1.50 bits per heavy atom. The molecule has 1 saturated heterocycles. The van der Waals surface area contributed by atoms with Crippen molar-refractivity contribution in [2.45, 2.75) is 33.3 Å². The number of aliphatic hydroxyl groups is 1. The lowest BCUT2D eigenvalue weighted by molar-refractivity contribution is -0.145. The van der Waals surface area contributed by atoms with Crippen LogP contribution in [0, 0.1) is 5.41 Å². The molecule has 0 bridgehead atoms. The molecular formula is C10H20N2O2. The molecule has 4 nitrogen and oxygen atoms in total. The van der Waals surface area contributed by atoms with E-state index >= 15 is 0 Å². The number of hydrogen-bond acceptors (Lipinski definition) is 2. The number of carbonyl (C=O) groups is 1. The third-order valence-corrected chi connectivity index (χ3v) is 2.92. The summed E-state index contributed by atoms with van der Waals surface area (Å²) in [4.78, 5) is 13.0. The van der Waals surface area contributed by atoms with Crippen molar-refractivity contribution in [1.82, 2.24) is 10.2 Å². The normalized spacial score (nSPS) is 20.2. The van der Waals surface area contributed by atoms with Gasteiger partial charge in [-0.15, -0.1) is 0 Å². The smallest absolute Gasteiger partial charge is 0.317 e. The predicted molar refractivity (Wildman–Crippen MR) is 55.1 cm³/mol. The van der Waals surface area contributed by atoms with Gasteiger partial charge in [0.05, 0.1) is 13.1 Å². The quantitative estimate of drug-likeness (QED) is 0.658. The van der Waals surface area contributed by atoms with Gasteiger partial charge in [0, 0.05) is 6.54 Å². The molecule has 14 heavy (non-hydrogen) atoms. The third kappa shape index (κ3) is 1.85. The lowest BCUT2D eigenvalue weighted by Crippen LogP contribution is -2.70. The number of likely N-dealkylation sites (tertiary alicyclic amines) is 1. The number of β-amino-alcohol motifs (C(OH)–C–C–N with tert-alkyl or cyclic N) is 1. The highest BCUT2D eigenvalue weighted by molar-refractivity contribution is 5.75. The summed E-state index contributed by atoms with van der Waals surface area (Å²) >= 11 is 0. The maximum atomic E-state index is 11.3. The van der Waals surface area contributed by atoms with Crippen LogP contribution < -0.4 is 5.32 Å². The lowest BCUT2D eigenvalue weighted by Gasteiger charge is -2.53. The Hall–Kier alpha value is -0.770. The summed E-state index contributed by atoms with van der Waals surface area (Å²) in [5, 5.41) is 12.8. The molecule has 0 radical (unpaired) electrons. The molecule has 0 aliphatic carbocycles. The van der Waals surface area contributed by atoms with E-state index in [9.17, 15) is 9.90 Å². The zero-order chi connectivity index (χ0) is 11.0. The Balaban J connectivity index is 2.47. The number of hydrogen-bond donors (Lipinski definition) is 2. The molecule has 0 aromatic rings. The molecule has 0 aromatic heterocycles. The maximum absolute atomic E-state index is 11.3. The van der Waals surface area contributed by atoms with Crippen molar-refractivity contribution in [3.05, 3.63) is 0 Å². The molecule has 4 heteroatoms. The van der Waals surface area contributed by atoms with Crippen molar-refractivity contribution in [2.24, 2.45) is 5.41 Å². The maximum Gasteiger partial charge on any atom is 0.317 e. The highest BCUT2D eigenvalue weighted by Crippen LogP contribution is 2.37. The number of amides is 2. The number of urea groups is 1. The third-order valence-electron chi connectivity index (χ3n) is 2.92. The van der Waals surface area contributed by atoms with E-state index in [1.54, 1.807) is 4.90 Å². The Morgan fingerprint density at radius 2 is 2.00 bits per heavy atom. The van der Waals surface area contributed by atoms with E-state index in [0.29, 0.717) is 19.6 Å². The van der Waals surface area contributed by atoms with Gasteiger partial charge in [-0.05, 0) is 12.3 Å². The molecule has 1 fully saturated rings. The van der Waals surface area contributed by atoms with Gasteiger partial charge in [0.15, 0.2) is 0 Å². The van der Waals surface area contributed by atoms with Crippen molar-refractivity contribution < 1.29 is 9.90 Å². The molecule has 0 unspecified atom stereocenters. The van der Waals surface area contributed by atoms with Crippen LogP contribution in [0.5, 0.6) is 0 Å². The minimum Gasteiger partial charge on any atom is -0.386 e. The largest absolute Gasteiger partial charge is 0.386 e. The first-order chi connectivity index (χ1) is 6.30. The monoisotopic (exact) mass is 200 g/mol. The summed E-state index contributed by atoms with van der Waals surface area (Å²) in [6.45, 7) is 9.34. The summed E-state index contributed by atoms with van der Waals surface area (Å²) < 4.78 is 0. The molecule has 0 saturated carbocycles. The molecule has 1 aliphatic heterocycles. The Labute approximate surface area is 85.3 Å². The first-order valence-corrected chi connectivity index (χ1v) is 5.05. The average Bonchev–Trinajstić information content (AvgIpc) is 1.96. The fraction of sp³-hybridized carbons (Fsp3) is 0.900. The molecule has 0 atom stereocenters. The van der Waals surface area contributed by atoms with Crippen LogP contribution in [-0.4, -0.2) is 41.3 Å². The van der Waals surface area contributed by atoms with Crippen LogP contribution in [0.15, 0.2) is 0 Å². The summed E-state index contributed by atoms with van der Waals surface area (Å²) in [5.41, 5.74) is -0.895. The Bertz CT molecular complexity index is 227. The predicted octanol–water partition coefficient (Wildman–Crippen LogP) is 0.809. The molecule has 0 aromatic carbocycles. The van der Waals surface area contributed by atoms with Gasteiger partial charge in [-0.25, -0.2) is 4.79 Å². The van der Waals surface area contributed by atoms with Gasteiger partial charge in [0.2, 0.25) is 0 Å². The zero-order valence-electron chi connectivity index (χ0n) is 9.42. The van der Waals surface area contributed by atoms with Gasteiger partial charge in [-0.2, -0.15) is 0 Å². The van der Waals surface area contributed by atoms with Crippen molar-refractivity contribution >= 4 is 6.03 Å². The second kappa shape index (κ2) is 3.42. The average molecular weight is 200 g/mol. The first kappa shape index (κ1) is 11.3. The highest BCUT2D eigenvalue weighted by Gasteiger charge is 2.51. The van der Waals surface area contributed by atoms with Gasteiger partial charge in [0.1, 0.15) is 5.60 Å². The van der Waals surface area contributed by atoms with E-state index in [1.165, 1.54) is 0 Å². The van der Waals surface area contributed by atoms with Crippen molar-refractivity contribution in [3.63, 3.8) is 0 Å². The molecule has 82 valence electrons. The van der Waals surface area contributed by atoms with Crippen molar-refractivity contribution in [1.29, 1.82) is 0 Å². The molecule has 2 N–H and O–H groups in total. The Morgan fingerprint density at radius 3 is 2.36 bits per heavy atom. The van der Waals surface area contributed by atoms with Gasteiger partial charge in [-0.3, -0.25) is 0 Å². The lowest BCUT2D eigenvalue weighted by atomic mass is 9.71. The van der Waals surface area contributed by atoms with E-state index in [0.717, 1.165) is 0 Å². The number of nitrogens with zero attached hydrogens (tertiary/aromatic N) is 1. The van der Waals surface area contributed by atoms with Crippen LogP contribution in [0.3, 0.4) is 0 Å². The highest BCUT2D eigenvalue weighted by atomic mass is 16.3. The van der Waals surface area contributed by atoms with Crippen molar-refractivity contribution in [3.8, 4) is 0 Å². The van der Waals surface area contributed by atoms with Crippen LogP contribution >= 0.6 is 0 Å². The van der Waals surface area contributed by atoms with Crippen molar-refractivity contribution in [2.75, 3.05) is 19.6 Å². The summed E-state index contributed by atoms with van der Waals surface area (Å²) in [7, 11) is 0. The van der Waals surface area contributed by atoms with Crippen LogP contribution in [0.25, 0.3) is 0 Å². The van der Waals surface area contributed by atoms with Gasteiger partial charge >= 0.3 is 6.03 Å².